The smallest absolute Gasteiger partial charge is 0.358 e. The molecule has 0 radical (unpaired) electrons. The largest absolute Gasteiger partial charge is 0.461 e. The van der Waals surface area contributed by atoms with Gasteiger partial charge < -0.3 is 15.0 Å². The van der Waals surface area contributed by atoms with Gasteiger partial charge in [0.1, 0.15) is 11.5 Å². The standard InChI is InChI=1S/C27H25N7O3/c1-3-37-27(36)22-17-29-25-21(32(2)18-19-10-5-4-6-11-19)16-23(31-34(22)25)30-20-12-9-15-33(26(20)35)24-13-7-8-14-28-24/h4-17H,3,18H2,1-2H3,(H,30,31). The highest BCUT2D eigenvalue weighted by Crippen LogP contribution is 2.26. The van der Waals surface area contributed by atoms with E-state index in [1.165, 1.54) is 15.3 Å². The fourth-order valence-electron chi connectivity index (χ4n) is 3.98. The van der Waals surface area contributed by atoms with E-state index in [1.807, 2.05) is 48.3 Å². The third-order valence-electron chi connectivity index (χ3n) is 5.71. The molecule has 186 valence electrons. The zero-order valence-corrected chi connectivity index (χ0v) is 20.4. The summed E-state index contributed by atoms with van der Waals surface area (Å²) in [5.41, 5.74) is 2.51. The van der Waals surface area contributed by atoms with E-state index in [0.717, 1.165) is 11.3 Å². The number of carbonyl (C=O) groups is 1. The molecule has 0 saturated carbocycles. The Labute approximate surface area is 212 Å². The van der Waals surface area contributed by atoms with E-state index in [1.54, 1.807) is 49.6 Å². The van der Waals surface area contributed by atoms with Gasteiger partial charge >= 0.3 is 5.97 Å². The Kier molecular flexibility index (Phi) is 6.62. The molecule has 5 rings (SSSR count). The minimum atomic E-state index is -0.534. The van der Waals surface area contributed by atoms with Gasteiger partial charge in [-0.25, -0.2) is 19.3 Å². The summed E-state index contributed by atoms with van der Waals surface area (Å²) < 4.78 is 8.09. The van der Waals surface area contributed by atoms with Crippen LogP contribution in [-0.4, -0.2) is 43.8 Å². The number of nitrogens with zero attached hydrogens (tertiary/aromatic N) is 6. The van der Waals surface area contributed by atoms with E-state index >= 15 is 0 Å². The molecule has 37 heavy (non-hydrogen) atoms. The van der Waals surface area contributed by atoms with Gasteiger partial charge in [0.15, 0.2) is 17.2 Å². The van der Waals surface area contributed by atoms with Crippen molar-refractivity contribution in [2.45, 2.75) is 13.5 Å². The lowest BCUT2D eigenvalue weighted by atomic mass is 10.2. The summed E-state index contributed by atoms with van der Waals surface area (Å²) in [5.74, 6) is 0.331. The van der Waals surface area contributed by atoms with Gasteiger partial charge in [0.05, 0.1) is 18.5 Å². The molecule has 0 aliphatic carbocycles. The van der Waals surface area contributed by atoms with Crippen molar-refractivity contribution < 1.29 is 9.53 Å². The molecular formula is C27H25N7O3. The molecule has 10 heteroatoms. The molecule has 5 aromatic rings. The summed E-state index contributed by atoms with van der Waals surface area (Å²) in [6.45, 7) is 2.56. The Hall–Kier alpha value is -4.99. The minimum Gasteiger partial charge on any atom is -0.461 e. The van der Waals surface area contributed by atoms with Crippen LogP contribution in [0.2, 0.25) is 0 Å². The third kappa shape index (κ3) is 4.90. The van der Waals surface area contributed by atoms with Crippen LogP contribution in [0.5, 0.6) is 0 Å². The Morgan fingerprint density at radius 3 is 2.62 bits per heavy atom. The molecule has 4 aromatic heterocycles. The number of pyridine rings is 2. The zero-order chi connectivity index (χ0) is 25.8. The molecule has 0 fully saturated rings. The van der Waals surface area contributed by atoms with E-state index in [0.29, 0.717) is 29.5 Å². The second-order valence-electron chi connectivity index (χ2n) is 8.27. The van der Waals surface area contributed by atoms with E-state index in [-0.39, 0.29) is 17.9 Å². The first-order chi connectivity index (χ1) is 18.0. The first-order valence-electron chi connectivity index (χ1n) is 11.8. The third-order valence-corrected chi connectivity index (χ3v) is 5.71. The number of esters is 1. The maximum absolute atomic E-state index is 13.2. The Morgan fingerprint density at radius 2 is 1.86 bits per heavy atom. The molecule has 0 aliphatic heterocycles. The summed E-state index contributed by atoms with van der Waals surface area (Å²) in [4.78, 5) is 36.6. The predicted molar refractivity (Wildman–Crippen MR) is 141 cm³/mol. The topological polar surface area (TPSA) is 107 Å². The summed E-state index contributed by atoms with van der Waals surface area (Å²) in [5, 5.41) is 7.70. The molecule has 0 unspecified atom stereocenters. The Morgan fingerprint density at radius 1 is 1.05 bits per heavy atom. The van der Waals surface area contributed by atoms with Crippen LogP contribution in [-0.2, 0) is 11.3 Å². The van der Waals surface area contributed by atoms with Crippen LogP contribution in [0.25, 0.3) is 11.5 Å². The number of anilines is 3. The number of fused-ring (bicyclic) bond motifs is 1. The van der Waals surface area contributed by atoms with Gasteiger partial charge in [0.25, 0.3) is 5.56 Å². The molecule has 10 nitrogen and oxygen atoms in total. The molecule has 0 spiro atoms. The van der Waals surface area contributed by atoms with Crippen molar-refractivity contribution >= 4 is 28.8 Å². The fraction of sp³-hybridized carbons (Fsp3) is 0.148. The van der Waals surface area contributed by atoms with Crippen molar-refractivity contribution in [1.29, 1.82) is 0 Å². The minimum absolute atomic E-state index is 0.189. The number of imidazole rings is 1. The SMILES string of the molecule is CCOC(=O)c1cnc2c(N(C)Cc3ccccc3)cc(Nc3cccn(-c4ccccn4)c3=O)nn12. The first-order valence-corrected chi connectivity index (χ1v) is 11.8. The summed E-state index contributed by atoms with van der Waals surface area (Å²) >= 11 is 0. The Bertz CT molecular complexity index is 1600. The number of hydrogen-bond acceptors (Lipinski definition) is 8. The maximum Gasteiger partial charge on any atom is 0.358 e. The van der Waals surface area contributed by atoms with Gasteiger partial charge in [0.2, 0.25) is 0 Å². The van der Waals surface area contributed by atoms with Gasteiger partial charge in [-0.2, -0.15) is 0 Å². The van der Waals surface area contributed by atoms with Crippen LogP contribution in [0.1, 0.15) is 23.0 Å². The van der Waals surface area contributed by atoms with E-state index < -0.39 is 5.97 Å². The number of carbonyl (C=O) groups excluding carboxylic acids is 1. The summed E-state index contributed by atoms with van der Waals surface area (Å²) in [6.07, 6.45) is 4.73. The maximum atomic E-state index is 13.2. The quantitative estimate of drug-likeness (QED) is 0.324. The average molecular weight is 496 g/mol. The second kappa shape index (κ2) is 10.3. The van der Waals surface area contributed by atoms with Gasteiger partial charge in [-0.05, 0) is 36.8 Å². The van der Waals surface area contributed by atoms with E-state index in [2.05, 4.69) is 20.4 Å². The van der Waals surface area contributed by atoms with Gasteiger partial charge in [-0.3, -0.25) is 9.36 Å². The normalized spacial score (nSPS) is 10.9. The highest BCUT2D eigenvalue weighted by molar-refractivity contribution is 5.89. The number of ether oxygens (including phenoxy) is 1. The van der Waals surface area contributed by atoms with Crippen molar-refractivity contribution in [3.63, 3.8) is 0 Å². The molecule has 0 amide bonds. The van der Waals surface area contributed by atoms with E-state index in [4.69, 9.17) is 4.74 Å². The molecule has 0 bridgehead atoms. The zero-order valence-electron chi connectivity index (χ0n) is 20.4. The van der Waals surface area contributed by atoms with E-state index in [9.17, 15) is 9.59 Å². The number of rotatable bonds is 8. The highest BCUT2D eigenvalue weighted by Gasteiger charge is 2.20. The molecule has 0 aliphatic rings. The van der Waals surface area contributed by atoms with Crippen molar-refractivity contribution in [3.05, 3.63) is 107 Å². The molecule has 0 saturated heterocycles. The first kappa shape index (κ1) is 23.7. The molecule has 1 aromatic carbocycles. The van der Waals surface area contributed by atoms with Crippen molar-refractivity contribution in [2.75, 3.05) is 23.9 Å². The number of benzene rings is 1. The van der Waals surface area contributed by atoms with Crippen LogP contribution >= 0.6 is 0 Å². The van der Waals surface area contributed by atoms with Gasteiger partial charge in [0, 0.05) is 32.1 Å². The number of nitrogens with one attached hydrogen (secondary N) is 1. The Balaban J connectivity index is 1.58. The van der Waals surface area contributed by atoms with Crippen LogP contribution in [0.4, 0.5) is 17.2 Å². The number of hydrogen-bond donors (Lipinski definition) is 1. The highest BCUT2D eigenvalue weighted by atomic mass is 16.5. The monoisotopic (exact) mass is 495 g/mol. The predicted octanol–water partition coefficient (Wildman–Crippen LogP) is 3.83. The van der Waals surface area contributed by atoms with Crippen LogP contribution in [0, 0.1) is 0 Å². The van der Waals surface area contributed by atoms with Crippen molar-refractivity contribution in [1.82, 2.24) is 24.1 Å². The van der Waals surface area contributed by atoms with Crippen LogP contribution in [0.15, 0.2) is 90.1 Å². The van der Waals surface area contributed by atoms with Gasteiger partial charge in [-0.1, -0.05) is 36.4 Å². The lowest BCUT2D eigenvalue weighted by Crippen LogP contribution is -2.22. The molecule has 0 atom stereocenters. The summed E-state index contributed by atoms with van der Waals surface area (Å²) in [7, 11) is 1.93. The molecule has 4 heterocycles. The van der Waals surface area contributed by atoms with Crippen molar-refractivity contribution in [3.8, 4) is 5.82 Å². The van der Waals surface area contributed by atoms with Crippen LogP contribution in [0.3, 0.4) is 0 Å². The molecular weight excluding hydrogens is 470 g/mol. The second-order valence-corrected chi connectivity index (χ2v) is 8.27. The lowest BCUT2D eigenvalue weighted by Gasteiger charge is -2.21. The lowest BCUT2D eigenvalue weighted by molar-refractivity contribution is 0.0517. The fourth-order valence-corrected chi connectivity index (χ4v) is 3.98. The van der Waals surface area contributed by atoms with Crippen LogP contribution < -0.4 is 15.8 Å². The average Bonchev–Trinajstić information content (AvgIpc) is 3.35. The van der Waals surface area contributed by atoms with Crippen molar-refractivity contribution in [2.24, 2.45) is 0 Å². The van der Waals surface area contributed by atoms with Gasteiger partial charge in [-0.15, -0.1) is 5.10 Å². The molecule has 1 N–H and O–H groups in total. The summed E-state index contributed by atoms with van der Waals surface area (Å²) in [6, 6.07) is 20.6. The number of aromatic nitrogens is 5.